The lowest BCUT2D eigenvalue weighted by Gasteiger charge is -2.15. The summed E-state index contributed by atoms with van der Waals surface area (Å²) >= 11 is 7.27. The lowest BCUT2D eigenvalue weighted by molar-refractivity contribution is -0.120. The molecule has 3 rings (SSSR count). The quantitative estimate of drug-likeness (QED) is 0.487. The summed E-state index contributed by atoms with van der Waals surface area (Å²) in [5.41, 5.74) is 0.390. The molecule has 0 saturated heterocycles. The molecule has 1 aliphatic carbocycles. The van der Waals surface area contributed by atoms with Crippen molar-refractivity contribution in [3.8, 4) is 0 Å². The van der Waals surface area contributed by atoms with Gasteiger partial charge in [0, 0.05) is 17.6 Å². The van der Waals surface area contributed by atoms with Crippen LogP contribution in [0.25, 0.3) is 10.9 Å². The van der Waals surface area contributed by atoms with Crippen molar-refractivity contribution in [1.29, 1.82) is 0 Å². The predicted molar refractivity (Wildman–Crippen MR) is 97.7 cm³/mol. The number of rotatable bonds is 6. The summed E-state index contributed by atoms with van der Waals surface area (Å²) in [5.74, 6) is -0.0295. The number of aromatic nitrogens is 2. The van der Waals surface area contributed by atoms with E-state index in [9.17, 15) is 9.59 Å². The van der Waals surface area contributed by atoms with E-state index in [1.54, 1.807) is 24.3 Å². The van der Waals surface area contributed by atoms with Crippen molar-refractivity contribution in [2.45, 2.75) is 42.8 Å². The second kappa shape index (κ2) is 6.99. The molecule has 0 bridgehead atoms. The number of hydrogen-bond acceptors (Lipinski definition) is 4. The van der Waals surface area contributed by atoms with Crippen molar-refractivity contribution in [2.75, 3.05) is 0 Å². The number of hydrogen-bond donors (Lipinski definition) is 1. The normalized spacial score (nSPS) is 15.2. The summed E-state index contributed by atoms with van der Waals surface area (Å²) < 4.78 is 1.53. The molecule has 1 aliphatic rings. The number of benzene rings is 1. The fourth-order valence-electron chi connectivity index (χ4n) is 2.31. The van der Waals surface area contributed by atoms with Gasteiger partial charge in [0.05, 0.1) is 16.2 Å². The molecule has 126 valence electrons. The number of thioether (sulfide) groups is 1. The van der Waals surface area contributed by atoms with Crippen LogP contribution in [0, 0.1) is 0 Å². The van der Waals surface area contributed by atoms with Crippen LogP contribution in [0.3, 0.4) is 0 Å². The highest BCUT2D eigenvalue weighted by molar-refractivity contribution is 8.00. The summed E-state index contributed by atoms with van der Waals surface area (Å²) in [6.45, 7) is 5.84. The number of carbonyl (C=O) groups excluding carboxylic acids is 1. The van der Waals surface area contributed by atoms with Crippen LogP contribution in [0.4, 0.5) is 0 Å². The number of halogens is 1. The molecule has 7 heteroatoms. The van der Waals surface area contributed by atoms with E-state index in [-0.39, 0.29) is 16.7 Å². The molecule has 1 atom stereocenters. The number of allylic oxidation sites excluding steroid dienone is 1. The minimum atomic E-state index is -0.335. The fourth-order valence-corrected chi connectivity index (χ4v) is 3.41. The van der Waals surface area contributed by atoms with E-state index >= 15 is 0 Å². The minimum Gasteiger partial charge on any atom is -0.352 e. The van der Waals surface area contributed by atoms with Gasteiger partial charge in [0.15, 0.2) is 5.16 Å². The van der Waals surface area contributed by atoms with E-state index in [1.807, 2.05) is 6.92 Å². The van der Waals surface area contributed by atoms with Gasteiger partial charge in [-0.3, -0.25) is 14.2 Å². The molecule has 1 heterocycles. The first kappa shape index (κ1) is 17.0. The molecule has 1 aromatic carbocycles. The van der Waals surface area contributed by atoms with Crippen LogP contribution in [-0.2, 0) is 11.3 Å². The van der Waals surface area contributed by atoms with Gasteiger partial charge in [-0.15, -0.1) is 6.58 Å². The van der Waals surface area contributed by atoms with Gasteiger partial charge in [-0.05, 0) is 38.0 Å². The zero-order valence-electron chi connectivity index (χ0n) is 13.3. The Bertz CT molecular complexity index is 861. The van der Waals surface area contributed by atoms with Gasteiger partial charge >= 0.3 is 0 Å². The smallest absolute Gasteiger partial charge is 0.262 e. The van der Waals surface area contributed by atoms with Crippen LogP contribution in [0.15, 0.2) is 40.8 Å². The molecule has 1 aromatic heterocycles. The largest absolute Gasteiger partial charge is 0.352 e. The summed E-state index contributed by atoms with van der Waals surface area (Å²) in [4.78, 5) is 29.5. The Balaban J connectivity index is 1.97. The van der Waals surface area contributed by atoms with Crippen LogP contribution in [0.1, 0.15) is 19.8 Å². The Kier molecular flexibility index (Phi) is 4.96. The standard InChI is InChI=1S/C17H18ClN3O2S/c1-3-8-21-16(23)13-9-11(18)4-7-14(13)20-17(21)24-10(2)15(22)19-12-5-6-12/h3-4,7,9-10,12H,1,5-6,8H2,2H3,(H,19,22)/t10-/m0/s1. The van der Waals surface area contributed by atoms with E-state index in [0.717, 1.165) is 12.8 Å². The molecular formula is C17H18ClN3O2S. The van der Waals surface area contributed by atoms with Crippen molar-refractivity contribution in [1.82, 2.24) is 14.9 Å². The lowest BCUT2D eigenvalue weighted by atomic mass is 10.2. The van der Waals surface area contributed by atoms with Crippen molar-refractivity contribution in [2.24, 2.45) is 0 Å². The number of amides is 1. The second-order valence-corrected chi connectivity index (χ2v) is 7.55. The van der Waals surface area contributed by atoms with Crippen molar-refractivity contribution < 1.29 is 4.79 Å². The molecular weight excluding hydrogens is 346 g/mol. The first-order valence-corrected chi connectivity index (χ1v) is 9.03. The van der Waals surface area contributed by atoms with Gasteiger partial charge in [0.25, 0.3) is 5.56 Å². The first-order valence-electron chi connectivity index (χ1n) is 7.77. The molecule has 5 nitrogen and oxygen atoms in total. The van der Waals surface area contributed by atoms with Crippen molar-refractivity contribution >= 4 is 40.2 Å². The molecule has 1 fully saturated rings. The second-order valence-electron chi connectivity index (χ2n) is 5.80. The van der Waals surface area contributed by atoms with Crippen LogP contribution >= 0.6 is 23.4 Å². The maximum absolute atomic E-state index is 12.7. The van der Waals surface area contributed by atoms with Gasteiger partial charge in [0.2, 0.25) is 5.91 Å². The summed E-state index contributed by atoms with van der Waals surface area (Å²) in [7, 11) is 0. The lowest BCUT2D eigenvalue weighted by Crippen LogP contribution is -2.33. The van der Waals surface area contributed by atoms with Gasteiger partial charge in [-0.25, -0.2) is 4.98 Å². The topological polar surface area (TPSA) is 64.0 Å². The van der Waals surface area contributed by atoms with Crippen LogP contribution in [0.2, 0.25) is 5.02 Å². The Morgan fingerprint density at radius 2 is 2.33 bits per heavy atom. The Morgan fingerprint density at radius 3 is 3.00 bits per heavy atom. The molecule has 1 N–H and O–H groups in total. The van der Waals surface area contributed by atoms with Crippen LogP contribution < -0.4 is 10.9 Å². The maximum Gasteiger partial charge on any atom is 0.262 e. The highest BCUT2D eigenvalue weighted by Gasteiger charge is 2.27. The first-order chi connectivity index (χ1) is 11.5. The summed E-state index contributed by atoms with van der Waals surface area (Å²) in [5, 5.41) is 4.10. The third-order valence-electron chi connectivity index (χ3n) is 3.77. The molecule has 24 heavy (non-hydrogen) atoms. The fraction of sp³-hybridized carbons (Fsp3) is 0.353. The molecule has 0 unspecified atom stereocenters. The average Bonchev–Trinajstić information content (AvgIpc) is 3.35. The third kappa shape index (κ3) is 3.65. The van der Waals surface area contributed by atoms with Gasteiger partial charge < -0.3 is 5.32 Å². The Morgan fingerprint density at radius 1 is 1.58 bits per heavy atom. The highest BCUT2D eigenvalue weighted by atomic mass is 35.5. The van der Waals surface area contributed by atoms with E-state index in [0.29, 0.717) is 33.7 Å². The van der Waals surface area contributed by atoms with Crippen molar-refractivity contribution in [3.05, 3.63) is 46.2 Å². The SMILES string of the molecule is C=CCn1c(S[C@@H](C)C(=O)NC2CC2)nc2ccc(Cl)cc2c1=O. The van der Waals surface area contributed by atoms with Crippen LogP contribution in [-0.4, -0.2) is 26.8 Å². The van der Waals surface area contributed by atoms with Gasteiger partial charge in [-0.2, -0.15) is 0 Å². The molecule has 0 radical (unpaired) electrons. The van der Waals surface area contributed by atoms with E-state index in [4.69, 9.17) is 11.6 Å². The third-order valence-corrected chi connectivity index (χ3v) is 5.09. The van der Waals surface area contributed by atoms with Crippen LogP contribution in [0.5, 0.6) is 0 Å². The number of nitrogens with zero attached hydrogens (tertiary/aromatic N) is 2. The average molecular weight is 364 g/mol. The zero-order valence-corrected chi connectivity index (χ0v) is 14.9. The summed E-state index contributed by atoms with van der Waals surface area (Å²) in [6, 6.07) is 5.34. The Hall–Kier alpha value is -1.79. The van der Waals surface area contributed by atoms with Gasteiger partial charge in [-0.1, -0.05) is 29.4 Å². The van der Waals surface area contributed by atoms with E-state index < -0.39 is 0 Å². The van der Waals surface area contributed by atoms with Gasteiger partial charge in [0.1, 0.15) is 0 Å². The molecule has 1 saturated carbocycles. The van der Waals surface area contributed by atoms with E-state index in [1.165, 1.54) is 16.3 Å². The summed E-state index contributed by atoms with van der Waals surface area (Å²) in [6.07, 6.45) is 3.72. The molecule has 0 aliphatic heterocycles. The number of nitrogens with one attached hydrogen (secondary N) is 1. The molecule has 2 aromatic rings. The molecule has 0 spiro atoms. The minimum absolute atomic E-state index is 0.0295. The number of carbonyl (C=O) groups is 1. The van der Waals surface area contributed by atoms with Crippen molar-refractivity contribution in [3.63, 3.8) is 0 Å². The maximum atomic E-state index is 12.7. The zero-order chi connectivity index (χ0) is 17.3. The molecule has 1 amide bonds. The predicted octanol–water partition coefficient (Wildman–Crippen LogP) is 3.00. The van der Waals surface area contributed by atoms with E-state index in [2.05, 4.69) is 16.9 Å². The monoisotopic (exact) mass is 363 g/mol. The number of fused-ring (bicyclic) bond motifs is 1. The highest BCUT2D eigenvalue weighted by Crippen LogP contribution is 2.25. The Labute approximate surface area is 149 Å².